The lowest BCUT2D eigenvalue weighted by Crippen LogP contribution is -2.57. The summed E-state index contributed by atoms with van der Waals surface area (Å²) in [6.07, 6.45) is 3.17. The number of rotatable bonds is 39. The second kappa shape index (κ2) is 40.0. The molecule has 0 radical (unpaired) electrons. The van der Waals surface area contributed by atoms with Gasteiger partial charge in [0.05, 0.1) is 59.8 Å². The Morgan fingerprint density at radius 1 is 0.635 bits per heavy atom. The van der Waals surface area contributed by atoms with E-state index >= 15 is 0 Å². The van der Waals surface area contributed by atoms with Crippen molar-refractivity contribution in [3.05, 3.63) is 81.4 Å². The fourth-order valence-corrected chi connectivity index (χ4v) is 13.8. The molecule has 4 atom stereocenters. The van der Waals surface area contributed by atoms with Gasteiger partial charge in [-0.15, -0.1) is 0 Å². The van der Waals surface area contributed by atoms with Crippen molar-refractivity contribution in [1.82, 2.24) is 76.1 Å². The van der Waals surface area contributed by atoms with Crippen molar-refractivity contribution in [2.24, 2.45) is 7.05 Å². The van der Waals surface area contributed by atoms with E-state index in [2.05, 4.69) is 46.6 Å². The number of anilines is 1. The van der Waals surface area contributed by atoms with Crippen LogP contribution in [-0.4, -0.2) is 302 Å². The summed E-state index contributed by atoms with van der Waals surface area (Å²) in [4.78, 5) is 167. The smallest absolute Gasteiger partial charge is 0.323 e. The Kier molecular flexibility index (Phi) is 32.7. The first-order valence-electron chi connectivity index (χ1n) is 32.1. The number of aromatic nitrogens is 3. The third-order valence-corrected chi connectivity index (χ3v) is 19.1. The Bertz CT molecular complexity index is 3970. The Balaban J connectivity index is 1.10. The van der Waals surface area contributed by atoms with E-state index in [9.17, 15) is 113 Å². The van der Waals surface area contributed by atoms with Gasteiger partial charge in [-0.2, -0.15) is 13.1 Å². The number of ether oxygens (including phenoxy) is 1. The summed E-state index contributed by atoms with van der Waals surface area (Å²) in [5.74, 6) is -14.4. The number of fused-ring (bicyclic) bond motifs is 1. The maximum Gasteiger partial charge on any atom is 0.323 e. The first-order chi connectivity index (χ1) is 48.8. The number of sulfonamides is 1. The van der Waals surface area contributed by atoms with Crippen LogP contribution < -0.4 is 57.4 Å². The molecular formula is C60H88N16O25S3. The Labute approximate surface area is 597 Å². The Hall–Kier alpha value is -9.48. The van der Waals surface area contributed by atoms with Crippen molar-refractivity contribution in [3.63, 3.8) is 0 Å². The van der Waals surface area contributed by atoms with E-state index in [0.29, 0.717) is 18.0 Å². The van der Waals surface area contributed by atoms with Crippen LogP contribution >= 0.6 is 10.9 Å². The van der Waals surface area contributed by atoms with Crippen LogP contribution in [-0.2, 0) is 81.7 Å². The number of aromatic amines is 1. The summed E-state index contributed by atoms with van der Waals surface area (Å²) >= 11 is 0. The van der Waals surface area contributed by atoms with Crippen LogP contribution in [0.15, 0.2) is 58.6 Å². The summed E-state index contributed by atoms with van der Waals surface area (Å²) in [7, 11) is -11.6. The third kappa shape index (κ3) is 29.3. The van der Waals surface area contributed by atoms with E-state index in [0.717, 1.165) is 5.56 Å². The molecule has 0 spiro atoms. The minimum atomic E-state index is -5.14. The molecule has 1 aliphatic rings. The first-order valence-corrected chi connectivity index (χ1v) is 36.8. The Morgan fingerprint density at radius 2 is 1.18 bits per heavy atom. The van der Waals surface area contributed by atoms with E-state index in [1.54, 1.807) is 47.1 Å². The minimum Gasteiger partial charge on any atom is -0.494 e. The molecule has 2 aromatic carbocycles. The fourth-order valence-electron chi connectivity index (χ4n) is 10.8. The number of H-pyrrole nitrogens is 1. The molecule has 7 amide bonds. The number of benzene rings is 2. The van der Waals surface area contributed by atoms with Gasteiger partial charge >= 0.3 is 23.9 Å². The van der Waals surface area contributed by atoms with Gasteiger partial charge in [0.25, 0.3) is 16.0 Å². The largest absolute Gasteiger partial charge is 0.494 e. The van der Waals surface area contributed by atoms with Crippen LogP contribution in [0.5, 0.6) is 5.75 Å². The number of pyridine rings is 1. The normalized spacial score (nSPS) is 15.3. The highest BCUT2D eigenvalue weighted by Crippen LogP contribution is 2.33. The number of imidazole rings is 1. The fraction of sp³-hybridized carbons (Fsp3) is 0.517. The molecule has 2 aromatic heterocycles. The lowest BCUT2D eigenvalue weighted by atomic mass is 10.1. The van der Waals surface area contributed by atoms with Gasteiger partial charge in [-0.05, 0) is 67.6 Å². The first kappa shape index (κ1) is 85.2. The molecule has 1 saturated heterocycles. The molecule has 5 rings (SSSR count). The number of hydrogen-bond donors (Lipinski definition) is 18. The lowest BCUT2D eigenvalue weighted by Gasteiger charge is -2.33. The number of carbonyl (C=O) groups excluding carboxylic acids is 7. The van der Waals surface area contributed by atoms with E-state index in [-0.39, 0.29) is 111 Å². The molecule has 1 fully saturated rings. The van der Waals surface area contributed by atoms with Gasteiger partial charge in [0.1, 0.15) is 41.2 Å². The average molecular weight is 1530 g/mol. The minimum absolute atomic E-state index is 0.0285. The zero-order chi connectivity index (χ0) is 77.2. The van der Waals surface area contributed by atoms with Crippen LogP contribution in [0.4, 0.5) is 5.95 Å². The molecule has 44 heteroatoms. The number of nitrogens with one attached hydrogen (secondary N) is 10. The summed E-state index contributed by atoms with van der Waals surface area (Å²) in [5, 5.41) is 57.7. The molecule has 18 N–H and O–H groups in total. The van der Waals surface area contributed by atoms with Crippen LogP contribution in [0.1, 0.15) is 52.7 Å². The van der Waals surface area contributed by atoms with Crippen LogP contribution in [0.2, 0.25) is 0 Å². The number of carboxylic acid groups (broad SMARTS) is 4. The van der Waals surface area contributed by atoms with Crippen molar-refractivity contribution in [2.45, 2.75) is 75.1 Å². The number of hydrogen-bond acceptors (Lipinski definition) is 26. The topological polar surface area (TPSA) is 599 Å². The van der Waals surface area contributed by atoms with Crippen molar-refractivity contribution >= 4 is 113 Å². The third-order valence-electron chi connectivity index (χ3n) is 15.8. The van der Waals surface area contributed by atoms with Crippen LogP contribution in [0.3, 0.4) is 0 Å². The van der Waals surface area contributed by atoms with Crippen LogP contribution in [0.25, 0.3) is 10.9 Å². The van der Waals surface area contributed by atoms with E-state index in [1.807, 2.05) is 10.6 Å². The van der Waals surface area contributed by atoms with Gasteiger partial charge < -0.3 is 90.9 Å². The number of aliphatic carboxylic acids is 4. The van der Waals surface area contributed by atoms with Gasteiger partial charge in [0, 0.05) is 129 Å². The average Bonchev–Trinajstić information content (AvgIpc) is 0.823. The monoisotopic (exact) mass is 1530 g/mol. The predicted octanol–water partition coefficient (Wildman–Crippen LogP) is -4.39. The number of nitrogens with zero attached hydrogens (tertiary/aromatic N) is 6. The molecule has 0 bridgehead atoms. The highest BCUT2D eigenvalue weighted by molar-refractivity contribution is 8.19. The molecule has 41 nitrogen and oxygen atoms in total. The van der Waals surface area contributed by atoms with E-state index in [1.165, 1.54) is 53.9 Å². The van der Waals surface area contributed by atoms with E-state index in [4.69, 9.17) is 4.74 Å². The second-order valence-electron chi connectivity index (χ2n) is 24.1. The molecule has 576 valence electrons. The molecule has 3 heterocycles. The molecule has 104 heavy (non-hydrogen) atoms. The summed E-state index contributed by atoms with van der Waals surface area (Å²) < 4.78 is 100. The van der Waals surface area contributed by atoms with Crippen molar-refractivity contribution in [1.29, 1.82) is 0 Å². The van der Waals surface area contributed by atoms with Gasteiger partial charge in [-0.3, -0.25) is 81.7 Å². The molecular weight excluding hydrogens is 1440 g/mol. The molecule has 0 unspecified atom stereocenters. The quantitative estimate of drug-likeness (QED) is 0.0148. The molecule has 0 saturated carbocycles. The van der Waals surface area contributed by atoms with Crippen molar-refractivity contribution in [3.8, 4) is 5.75 Å². The highest BCUT2D eigenvalue weighted by Gasteiger charge is 2.35. The van der Waals surface area contributed by atoms with Gasteiger partial charge in [-0.25, -0.2) is 13.4 Å². The summed E-state index contributed by atoms with van der Waals surface area (Å²) in [6, 6.07) is -0.000872. The molecule has 4 aromatic rings. The van der Waals surface area contributed by atoms with Gasteiger partial charge in [0.15, 0.2) is 5.95 Å². The Morgan fingerprint density at radius 3 is 1.70 bits per heavy atom. The molecule has 0 aliphatic carbocycles. The number of amides is 7. The number of aryl methyl sites for hydroxylation is 3. The van der Waals surface area contributed by atoms with E-state index < -0.39 is 189 Å². The second-order valence-corrected chi connectivity index (χ2v) is 28.9. The zero-order valence-electron chi connectivity index (χ0n) is 57.1. The maximum absolute atomic E-state index is 13.7. The van der Waals surface area contributed by atoms with Gasteiger partial charge in [-0.1, -0.05) is 6.07 Å². The standard InChI is InChI=1S/C60H88N16O25S3/c1-36-24-39(25-37(2)54(36)104(99,100)71-43(59(91)92)28-66-55(87)41-29-72(4)46-26-38(7-8-40(46)53(41)86)27-67-60-64-13-14-65-60)101-23-5-6-47(77)62-11-12-63-57(89)44(34-102(93,94)95)70-58(90)45(35-103(96,97)98)69-48(78)10-9-42(56(88)61-3)68-49(79)30-73-15-17-74(31-50(80)81)19-21-76(33-52(84)85)22-20-75(18-16-73)32-51(82)83/h7-8,13-14,24-26,29,42-45,71,93-95H,5-6,9-12,15-23,27-28,30-35H2,1-4H3,(H,61,88)(H,62,77)(H,63,89)(H,66,87)(H,68,79)(H,69,78)(H,70,90)(H,80,81)(H,82,83)(H,84,85)(H,91,92)(H2,64,65,67)(H,96,97,98)/t42-,43-,44-,45-/m0/s1. The van der Waals surface area contributed by atoms with Crippen molar-refractivity contribution in [2.75, 3.05) is 129 Å². The van der Waals surface area contributed by atoms with Crippen LogP contribution in [0, 0.1) is 13.8 Å². The summed E-state index contributed by atoms with van der Waals surface area (Å²) in [6.45, 7) is 0.472. The number of likely N-dealkylation sites (N-methyl/N-ethyl adjacent to an activating group) is 1. The SMILES string of the molecule is CNC(=O)[C@H](CCC(=O)N[C@@H](CS(=O)(=O)O)C(=O)N[C@@H](CS(O)(O)O)C(=O)NCCNC(=O)CCCOc1cc(C)c(S(=O)(=O)N[C@@H](CNC(=O)c2cn(C)c3cc(CNc4ncc[nH]4)ccc3c2=O)C(=O)O)c(C)c1)NC(=O)CN1CCN(CC(=O)O)CCN(CC(=O)O)CCN(CC(=O)O)CC1. The zero-order valence-corrected chi connectivity index (χ0v) is 59.6. The number of carbonyl (C=O) groups is 11. The maximum atomic E-state index is 13.7. The summed E-state index contributed by atoms with van der Waals surface area (Å²) in [5.41, 5.74) is 0.582. The molecule has 1 aliphatic heterocycles. The lowest BCUT2D eigenvalue weighted by molar-refractivity contribution is -0.140. The van der Waals surface area contributed by atoms with Gasteiger partial charge in [0.2, 0.25) is 50.9 Å². The predicted molar refractivity (Wildman–Crippen MR) is 370 cm³/mol. The van der Waals surface area contributed by atoms with Crippen molar-refractivity contribution < 1.29 is 113 Å². The number of carboxylic acids is 4. The highest BCUT2D eigenvalue weighted by atomic mass is 32.3.